The van der Waals surface area contributed by atoms with Gasteiger partial charge in [0.15, 0.2) is 0 Å². The molecule has 0 fully saturated rings. The molecule has 5 heteroatoms. The van der Waals surface area contributed by atoms with Gasteiger partial charge in [0.25, 0.3) is 5.91 Å². The molecule has 1 unspecified atom stereocenters. The SMILES string of the molecule is CC(CC(N)=S)NC(=O)c1ccc2cc(Br)ccc2c1. The first-order chi connectivity index (χ1) is 9.45. The van der Waals surface area contributed by atoms with E-state index < -0.39 is 0 Å². The van der Waals surface area contributed by atoms with Crippen LogP contribution in [0.15, 0.2) is 40.9 Å². The van der Waals surface area contributed by atoms with Crippen molar-refractivity contribution in [2.24, 2.45) is 5.73 Å². The fourth-order valence-electron chi connectivity index (χ4n) is 2.02. The number of carbonyl (C=O) groups excluding carboxylic acids is 1. The van der Waals surface area contributed by atoms with Gasteiger partial charge in [-0.2, -0.15) is 0 Å². The Kier molecular flexibility index (Phi) is 4.73. The van der Waals surface area contributed by atoms with E-state index in [1.165, 1.54) is 0 Å². The lowest BCUT2D eigenvalue weighted by Gasteiger charge is -2.13. The topological polar surface area (TPSA) is 55.1 Å². The molecule has 0 aliphatic heterocycles. The van der Waals surface area contributed by atoms with Crippen molar-refractivity contribution >= 4 is 49.8 Å². The van der Waals surface area contributed by atoms with Gasteiger partial charge in [-0.25, -0.2) is 0 Å². The van der Waals surface area contributed by atoms with Gasteiger partial charge in [0, 0.05) is 22.5 Å². The summed E-state index contributed by atoms with van der Waals surface area (Å²) in [4.78, 5) is 12.5. The molecule has 2 aromatic carbocycles. The molecule has 0 radical (unpaired) electrons. The van der Waals surface area contributed by atoms with E-state index >= 15 is 0 Å². The monoisotopic (exact) mass is 350 g/mol. The third-order valence-electron chi connectivity index (χ3n) is 2.95. The van der Waals surface area contributed by atoms with Crippen LogP contribution in [0, 0.1) is 0 Å². The highest BCUT2D eigenvalue weighted by Crippen LogP contribution is 2.21. The predicted octanol–water partition coefficient (Wildman–Crippen LogP) is 3.40. The maximum atomic E-state index is 12.1. The highest BCUT2D eigenvalue weighted by Gasteiger charge is 2.11. The minimum atomic E-state index is -0.112. The van der Waals surface area contributed by atoms with Crippen LogP contribution in [0.1, 0.15) is 23.7 Å². The molecule has 2 aromatic rings. The molecule has 20 heavy (non-hydrogen) atoms. The normalized spacial score (nSPS) is 12.1. The molecule has 0 heterocycles. The van der Waals surface area contributed by atoms with Crippen LogP contribution in [0.4, 0.5) is 0 Å². The van der Waals surface area contributed by atoms with Crippen molar-refractivity contribution in [2.45, 2.75) is 19.4 Å². The second kappa shape index (κ2) is 6.33. The van der Waals surface area contributed by atoms with E-state index in [0.29, 0.717) is 17.0 Å². The van der Waals surface area contributed by atoms with E-state index in [1.807, 2.05) is 43.3 Å². The molecule has 0 aromatic heterocycles. The number of amides is 1. The fourth-order valence-corrected chi connectivity index (χ4v) is 2.65. The van der Waals surface area contributed by atoms with Crippen molar-refractivity contribution in [1.29, 1.82) is 0 Å². The first-order valence-corrected chi connectivity index (χ1v) is 7.44. The molecular formula is C15H15BrN2OS. The molecule has 1 amide bonds. The molecule has 0 bridgehead atoms. The zero-order valence-corrected chi connectivity index (χ0v) is 13.4. The lowest BCUT2D eigenvalue weighted by Crippen LogP contribution is -2.35. The average molecular weight is 351 g/mol. The van der Waals surface area contributed by atoms with E-state index in [4.69, 9.17) is 18.0 Å². The molecule has 2 rings (SSSR count). The number of fused-ring (bicyclic) bond motifs is 1. The molecule has 3 nitrogen and oxygen atoms in total. The molecule has 0 spiro atoms. The van der Waals surface area contributed by atoms with Crippen LogP contribution in [0.5, 0.6) is 0 Å². The van der Waals surface area contributed by atoms with Crippen LogP contribution in [-0.4, -0.2) is 16.9 Å². The summed E-state index contributed by atoms with van der Waals surface area (Å²) in [6.45, 7) is 1.88. The Morgan fingerprint density at radius 2 is 1.95 bits per heavy atom. The highest BCUT2D eigenvalue weighted by atomic mass is 79.9. The molecular weight excluding hydrogens is 336 g/mol. The van der Waals surface area contributed by atoms with Crippen LogP contribution >= 0.6 is 28.1 Å². The van der Waals surface area contributed by atoms with Gasteiger partial charge < -0.3 is 11.1 Å². The Bertz CT molecular complexity index is 672. The molecule has 1 atom stereocenters. The second-order valence-corrected chi connectivity index (χ2v) is 6.19. The smallest absolute Gasteiger partial charge is 0.251 e. The van der Waals surface area contributed by atoms with Crippen molar-refractivity contribution in [3.63, 3.8) is 0 Å². The van der Waals surface area contributed by atoms with Gasteiger partial charge in [-0.15, -0.1) is 0 Å². The van der Waals surface area contributed by atoms with Crippen LogP contribution in [-0.2, 0) is 0 Å². The summed E-state index contributed by atoms with van der Waals surface area (Å²) in [7, 11) is 0. The summed E-state index contributed by atoms with van der Waals surface area (Å²) >= 11 is 8.27. The van der Waals surface area contributed by atoms with E-state index in [0.717, 1.165) is 15.2 Å². The Labute approximate surface area is 131 Å². The Morgan fingerprint density at radius 1 is 1.30 bits per heavy atom. The van der Waals surface area contributed by atoms with Crippen LogP contribution in [0.3, 0.4) is 0 Å². The summed E-state index contributed by atoms with van der Waals surface area (Å²) in [5.74, 6) is -0.112. The molecule has 0 saturated carbocycles. The Morgan fingerprint density at radius 3 is 2.65 bits per heavy atom. The minimum Gasteiger partial charge on any atom is -0.393 e. The van der Waals surface area contributed by atoms with Crippen molar-refractivity contribution in [1.82, 2.24) is 5.32 Å². The largest absolute Gasteiger partial charge is 0.393 e. The minimum absolute atomic E-state index is 0.0689. The average Bonchev–Trinajstić information content (AvgIpc) is 2.36. The van der Waals surface area contributed by atoms with Crippen LogP contribution in [0.2, 0.25) is 0 Å². The van der Waals surface area contributed by atoms with Crippen molar-refractivity contribution in [3.8, 4) is 0 Å². The standard InChI is InChI=1S/C15H15BrN2OS/c1-9(6-14(17)20)18-15(19)12-3-2-11-8-13(16)5-4-10(11)7-12/h2-5,7-9H,6H2,1H3,(H2,17,20)(H,18,19). The predicted molar refractivity (Wildman–Crippen MR) is 90.0 cm³/mol. The Balaban J connectivity index is 2.18. The van der Waals surface area contributed by atoms with E-state index in [9.17, 15) is 4.79 Å². The number of hydrogen-bond donors (Lipinski definition) is 2. The van der Waals surface area contributed by atoms with Gasteiger partial charge >= 0.3 is 0 Å². The number of benzene rings is 2. The van der Waals surface area contributed by atoms with Gasteiger partial charge in [-0.3, -0.25) is 4.79 Å². The van der Waals surface area contributed by atoms with Crippen LogP contribution < -0.4 is 11.1 Å². The molecule has 104 valence electrons. The number of thiocarbonyl (C=S) groups is 1. The number of hydrogen-bond acceptors (Lipinski definition) is 2. The fraction of sp³-hybridized carbons (Fsp3) is 0.200. The first kappa shape index (κ1) is 14.9. The van der Waals surface area contributed by atoms with Gasteiger partial charge in [0.05, 0.1) is 4.99 Å². The number of nitrogens with one attached hydrogen (secondary N) is 1. The Hall–Kier alpha value is -1.46. The summed E-state index contributed by atoms with van der Waals surface area (Å²) in [6.07, 6.45) is 0.502. The molecule has 0 saturated heterocycles. The second-order valence-electron chi connectivity index (χ2n) is 4.75. The zero-order chi connectivity index (χ0) is 14.7. The highest BCUT2D eigenvalue weighted by molar-refractivity contribution is 9.10. The lowest BCUT2D eigenvalue weighted by atomic mass is 10.1. The van der Waals surface area contributed by atoms with Gasteiger partial charge in [-0.05, 0) is 42.0 Å². The number of carbonyl (C=O) groups is 1. The summed E-state index contributed by atoms with van der Waals surface area (Å²) in [5.41, 5.74) is 6.11. The van der Waals surface area contributed by atoms with Crippen molar-refractivity contribution in [2.75, 3.05) is 0 Å². The maximum absolute atomic E-state index is 12.1. The molecule has 0 aliphatic rings. The zero-order valence-electron chi connectivity index (χ0n) is 11.0. The number of nitrogens with two attached hydrogens (primary N) is 1. The van der Waals surface area contributed by atoms with Crippen molar-refractivity contribution < 1.29 is 4.79 Å². The third-order valence-corrected chi connectivity index (χ3v) is 3.61. The first-order valence-electron chi connectivity index (χ1n) is 6.24. The molecule has 0 aliphatic carbocycles. The molecule has 3 N–H and O–H groups in total. The summed E-state index contributed by atoms with van der Waals surface area (Å²) < 4.78 is 1.02. The van der Waals surface area contributed by atoms with E-state index in [-0.39, 0.29) is 11.9 Å². The van der Waals surface area contributed by atoms with Gasteiger partial charge in [0.2, 0.25) is 0 Å². The van der Waals surface area contributed by atoms with Gasteiger partial charge in [-0.1, -0.05) is 40.3 Å². The van der Waals surface area contributed by atoms with E-state index in [2.05, 4.69) is 21.2 Å². The number of halogens is 1. The summed E-state index contributed by atoms with van der Waals surface area (Å²) in [6, 6.07) is 11.5. The summed E-state index contributed by atoms with van der Waals surface area (Å²) in [5, 5.41) is 5.01. The quantitative estimate of drug-likeness (QED) is 0.831. The third kappa shape index (κ3) is 3.77. The number of rotatable bonds is 4. The maximum Gasteiger partial charge on any atom is 0.251 e. The van der Waals surface area contributed by atoms with E-state index in [1.54, 1.807) is 0 Å². The van der Waals surface area contributed by atoms with Crippen molar-refractivity contribution in [3.05, 3.63) is 46.4 Å². The van der Waals surface area contributed by atoms with Gasteiger partial charge in [0.1, 0.15) is 0 Å². The van der Waals surface area contributed by atoms with Crippen LogP contribution in [0.25, 0.3) is 10.8 Å². The lowest BCUT2D eigenvalue weighted by molar-refractivity contribution is 0.0941.